The van der Waals surface area contributed by atoms with Crippen LogP contribution >= 0.6 is 0 Å². The zero-order valence-electron chi connectivity index (χ0n) is 59.2. The Balaban J connectivity index is 0.619. The average molecular weight is 1430 g/mol. The Hall–Kier alpha value is -11.9. The largest absolute Gasteiger partial charge is 0.444 e. The predicted molar refractivity (Wildman–Crippen MR) is 378 cm³/mol. The number of hydrogen-bond acceptors (Lipinski definition) is 18. The van der Waals surface area contributed by atoms with Gasteiger partial charge >= 0.3 is 6.09 Å². The van der Waals surface area contributed by atoms with Crippen molar-refractivity contribution >= 4 is 129 Å². The first kappa shape index (κ1) is 75.3. The first-order valence-corrected chi connectivity index (χ1v) is 33.4. The monoisotopic (exact) mass is 1420 g/mol. The third-order valence-electron chi connectivity index (χ3n) is 16.8. The number of piperidine rings is 1. The lowest BCUT2D eigenvalue weighted by atomic mass is 9.95. The smallest absolute Gasteiger partial charge is 0.410 e. The van der Waals surface area contributed by atoms with Gasteiger partial charge in [0.2, 0.25) is 65.0 Å². The van der Waals surface area contributed by atoms with Crippen molar-refractivity contribution in [2.75, 3.05) is 99.0 Å². The van der Waals surface area contributed by atoms with E-state index in [-0.39, 0.29) is 122 Å². The zero-order chi connectivity index (χ0) is 74.4. The second kappa shape index (κ2) is 33.5. The molecule has 550 valence electrons. The molecule has 0 aromatic carbocycles. The number of likely N-dealkylation sites (tertiary alicyclic amines) is 1. The van der Waals surface area contributed by atoms with E-state index < -0.39 is 64.7 Å². The molecule has 2 aliphatic heterocycles. The summed E-state index contributed by atoms with van der Waals surface area (Å²) in [5.74, 6) is -3.13. The molecule has 9 heterocycles. The molecule has 37 heteroatoms. The quantitative estimate of drug-likeness (QED) is 0.0325. The van der Waals surface area contributed by atoms with Gasteiger partial charge in [0, 0.05) is 208 Å². The molecule has 2 aliphatic rings. The molecule has 0 unspecified atom stereocenters. The minimum absolute atomic E-state index is 0.0265. The highest BCUT2D eigenvalue weighted by atomic mass is 16.6. The second-order valence-corrected chi connectivity index (χ2v) is 26.4. The molecule has 0 radical (unpaired) electrons. The third kappa shape index (κ3) is 21.6. The fraction of sp³-hybridized carbons (Fsp3) is 0.455. The number of carbonyl (C=O) groups is 12. The number of anilines is 10. The van der Waals surface area contributed by atoms with Crippen LogP contribution in [0.3, 0.4) is 0 Å². The zero-order valence-corrected chi connectivity index (χ0v) is 59.2. The number of amides is 12. The van der Waals surface area contributed by atoms with Gasteiger partial charge in [-0.05, 0) is 52.0 Å². The predicted octanol–water partition coefficient (Wildman–Crippen LogP) is 4.37. The van der Waals surface area contributed by atoms with Crippen LogP contribution in [0.15, 0.2) is 67.8 Å². The molecular formula is C66H88N24O13. The highest BCUT2D eigenvalue weighted by molar-refractivity contribution is 6.06. The molecule has 9 rings (SSSR count). The van der Waals surface area contributed by atoms with Crippen LogP contribution in [0.2, 0.25) is 0 Å². The maximum atomic E-state index is 13.4. The number of aryl methyl sites for hydroxylation is 7. The average Bonchev–Trinajstić information content (AvgIpc) is 1.24. The number of hydrogen-bond donors (Lipinski definition) is 10. The van der Waals surface area contributed by atoms with Crippen LogP contribution in [0, 0.1) is 5.92 Å². The summed E-state index contributed by atoms with van der Waals surface area (Å²) in [6.07, 6.45) is 12.9. The summed E-state index contributed by atoms with van der Waals surface area (Å²) in [5.41, 5.74) is 0.658. The van der Waals surface area contributed by atoms with E-state index in [0.717, 1.165) is 32.5 Å². The summed E-state index contributed by atoms with van der Waals surface area (Å²) >= 11 is 0. The molecule has 10 N–H and O–H groups in total. The van der Waals surface area contributed by atoms with E-state index in [9.17, 15) is 57.5 Å². The standard InChI is InChI=1S/C66H88N24O13/c1-66(2,3)103-65(102)90-28-26-88(27-29-90)33-40-20-23-89(24-21-40)57(98)19-18-56(97)80-64-76-47(39-87(64)10)74-60(99)44-30-41(34-82(44)5)68-52(93)14-17-55(96)79-63-75-46(38-86(63)9)72-50(91)12-11-13-51(92)77-48-32-43(36-83(48)6)70-62(101)59-73-45(37-85(59)8)71-53(94)15-16-54(95)78-49-31-42(35-84(49)7)69-61(100)58-67-22-25-81(58)4/h22,25,30-32,34-40H,11-21,23-24,26-29,33H2,1-10H3,(H,68,93)(H,69,100)(H,70,101)(H,71,94)(H,72,91)(H,74,99)(H,77,92)(H,78,95)(H,75,79,96)(H,76,80,97). The van der Waals surface area contributed by atoms with Crippen molar-refractivity contribution in [2.24, 2.45) is 55.3 Å². The molecule has 37 nitrogen and oxygen atoms in total. The Morgan fingerprint density at radius 2 is 0.883 bits per heavy atom. The van der Waals surface area contributed by atoms with E-state index >= 15 is 0 Å². The summed E-state index contributed by atoms with van der Waals surface area (Å²) in [6, 6.07) is 4.55. The molecule has 0 atom stereocenters. The van der Waals surface area contributed by atoms with Gasteiger partial charge in [-0.2, -0.15) is 9.97 Å². The summed E-state index contributed by atoms with van der Waals surface area (Å²) in [5, 5.41) is 26.9. The molecular weight excluding hydrogens is 1340 g/mol. The lowest BCUT2D eigenvalue weighted by Crippen LogP contribution is -2.51. The Morgan fingerprint density at radius 1 is 0.427 bits per heavy atom. The van der Waals surface area contributed by atoms with Crippen LogP contribution in [0.4, 0.5) is 62.8 Å². The van der Waals surface area contributed by atoms with Crippen LogP contribution in [-0.2, 0) is 92.4 Å². The molecule has 12 amide bonds. The number of carbonyl (C=O) groups excluding carboxylic acids is 12. The maximum absolute atomic E-state index is 13.4. The molecule has 2 fully saturated rings. The Bertz CT molecular complexity index is 4330. The van der Waals surface area contributed by atoms with Gasteiger partial charge in [0.05, 0.1) is 17.1 Å². The Labute approximate surface area is 592 Å². The van der Waals surface area contributed by atoms with E-state index in [1.165, 1.54) is 61.4 Å². The maximum Gasteiger partial charge on any atom is 0.410 e. The minimum Gasteiger partial charge on any atom is -0.444 e. The number of aromatic nitrogens is 11. The molecule has 0 saturated carbocycles. The second-order valence-electron chi connectivity index (χ2n) is 26.4. The van der Waals surface area contributed by atoms with Gasteiger partial charge in [-0.15, -0.1) is 0 Å². The van der Waals surface area contributed by atoms with Crippen LogP contribution in [-0.4, -0.2) is 189 Å². The number of ether oxygens (including phenoxy) is 1. The summed E-state index contributed by atoms with van der Waals surface area (Å²) < 4.78 is 16.1. The minimum atomic E-state index is -0.621. The third-order valence-corrected chi connectivity index (χ3v) is 16.8. The fourth-order valence-corrected chi connectivity index (χ4v) is 11.4. The topological polar surface area (TPSA) is 430 Å². The number of imidazole rings is 4. The summed E-state index contributed by atoms with van der Waals surface area (Å²) in [7, 11) is 11.4. The van der Waals surface area contributed by atoms with Crippen molar-refractivity contribution in [2.45, 2.75) is 97.0 Å². The van der Waals surface area contributed by atoms with Crippen molar-refractivity contribution in [3.05, 3.63) is 85.1 Å². The van der Waals surface area contributed by atoms with Gasteiger partial charge in [0.25, 0.3) is 17.7 Å². The molecule has 0 bridgehead atoms. The summed E-state index contributed by atoms with van der Waals surface area (Å²) in [6.45, 7) is 10.4. The van der Waals surface area contributed by atoms with Crippen molar-refractivity contribution in [3.63, 3.8) is 0 Å². The van der Waals surface area contributed by atoms with Gasteiger partial charge in [-0.1, -0.05) is 0 Å². The molecule has 2 saturated heterocycles. The van der Waals surface area contributed by atoms with Crippen molar-refractivity contribution < 1.29 is 62.3 Å². The fourth-order valence-electron chi connectivity index (χ4n) is 11.4. The highest BCUT2D eigenvalue weighted by Crippen LogP contribution is 2.25. The Kier molecular flexibility index (Phi) is 24.5. The SMILES string of the molecule is Cn1cc(NC(=O)c2nc(NC(=O)CCC(=O)Nc3cc(NC(=O)c4nccn4C)cn3C)cn2C)cc1NC(=O)CCCC(=O)Nc1cn(C)c(NC(=O)CCC(=O)Nc2cc(C(=O)Nc3cn(C)c(NC(=O)CCC(=O)N4CCC(CN5CCN(C(=O)OC(C)(C)C)CC5)CC4)n3)n(C)c2)n1. The van der Waals surface area contributed by atoms with Crippen LogP contribution in [0.1, 0.15) is 123 Å². The molecule has 103 heavy (non-hydrogen) atoms. The number of rotatable bonds is 28. The van der Waals surface area contributed by atoms with Crippen molar-refractivity contribution in [1.29, 1.82) is 0 Å². The molecule has 0 aliphatic carbocycles. The van der Waals surface area contributed by atoms with Crippen LogP contribution < -0.4 is 53.2 Å². The van der Waals surface area contributed by atoms with Gasteiger partial charge < -0.3 is 89.0 Å². The van der Waals surface area contributed by atoms with Gasteiger partial charge in [0.1, 0.15) is 22.9 Å². The highest BCUT2D eigenvalue weighted by Gasteiger charge is 2.30. The van der Waals surface area contributed by atoms with Gasteiger partial charge in [-0.25, -0.2) is 14.8 Å². The number of piperazine rings is 1. The lowest BCUT2D eigenvalue weighted by Gasteiger charge is -2.39. The van der Waals surface area contributed by atoms with Crippen LogP contribution in [0.5, 0.6) is 0 Å². The van der Waals surface area contributed by atoms with E-state index in [1.807, 2.05) is 20.8 Å². The van der Waals surface area contributed by atoms with E-state index in [1.54, 1.807) is 97.5 Å². The lowest BCUT2D eigenvalue weighted by molar-refractivity contribution is -0.134. The number of nitrogens with zero attached hydrogens (tertiary/aromatic N) is 14. The molecule has 7 aromatic heterocycles. The summed E-state index contributed by atoms with van der Waals surface area (Å²) in [4.78, 5) is 178. The van der Waals surface area contributed by atoms with E-state index in [4.69, 9.17) is 4.74 Å². The van der Waals surface area contributed by atoms with Crippen molar-refractivity contribution in [3.8, 4) is 0 Å². The first-order valence-electron chi connectivity index (χ1n) is 33.4. The van der Waals surface area contributed by atoms with Crippen LogP contribution in [0.25, 0.3) is 0 Å². The Morgan fingerprint density at radius 3 is 1.43 bits per heavy atom. The normalized spacial score (nSPS) is 13.4. The van der Waals surface area contributed by atoms with Gasteiger partial charge in [-0.3, -0.25) is 68.3 Å². The van der Waals surface area contributed by atoms with Gasteiger partial charge in [0.15, 0.2) is 23.3 Å². The van der Waals surface area contributed by atoms with Crippen molar-refractivity contribution in [1.82, 2.24) is 66.6 Å². The number of nitrogens with one attached hydrogen (secondary N) is 10. The molecule has 7 aromatic rings. The first-order chi connectivity index (χ1) is 48.9. The molecule has 0 spiro atoms. The van der Waals surface area contributed by atoms with E-state index in [0.29, 0.717) is 55.1 Å². The van der Waals surface area contributed by atoms with E-state index in [2.05, 4.69) is 78.0 Å².